The molecule has 25 heavy (non-hydrogen) atoms. The Morgan fingerprint density at radius 2 is 1.92 bits per heavy atom. The average molecular weight is 369 g/mol. The predicted octanol–water partition coefficient (Wildman–Crippen LogP) is 0.858. The van der Waals surface area contributed by atoms with E-state index in [0.29, 0.717) is 6.54 Å². The smallest absolute Gasteiger partial charge is 0.238 e. The first-order valence-corrected chi connectivity index (χ1v) is 10.2. The Bertz CT molecular complexity index is 655. The number of benzene rings is 1. The van der Waals surface area contributed by atoms with Crippen LogP contribution in [-0.2, 0) is 21.2 Å². The van der Waals surface area contributed by atoms with Crippen LogP contribution in [0, 0.1) is 5.92 Å². The third kappa shape index (κ3) is 7.85. The van der Waals surface area contributed by atoms with Gasteiger partial charge in [-0.05, 0) is 49.3 Å². The summed E-state index contributed by atoms with van der Waals surface area (Å²) < 4.78 is 28.0. The molecule has 0 saturated heterocycles. The molecule has 0 radical (unpaired) electrons. The summed E-state index contributed by atoms with van der Waals surface area (Å²) in [6.45, 7) is 3.19. The zero-order chi connectivity index (χ0) is 18.1. The Kier molecular flexibility index (Phi) is 7.67. The number of rotatable bonds is 10. The first-order chi connectivity index (χ1) is 12.0. The molecule has 1 saturated carbocycles. The molecule has 1 fully saturated rings. The number of nitrogens with one attached hydrogen (secondary N) is 2. The predicted molar refractivity (Wildman–Crippen MR) is 99.0 cm³/mol. The van der Waals surface area contributed by atoms with Crippen LogP contribution in [-0.4, -0.2) is 47.7 Å². The lowest BCUT2D eigenvalue weighted by Crippen LogP contribution is -2.39. The number of aliphatic imine (C=N–C) groups is 1. The first kappa shape index (κ1) is 19.7. The van der Waals surface area contributed by atoms with Gasteiger partial charge in [0.2, 0.25) is 10.0 Å². The molecule has 0 spiro atoms. The molecule has 0 heterocycles. The largest absolute Gasteiger partial charge is 0.381 e. The molecule has 8 heteroatoms. The van der Waals surface area contributed by atoms with Crippen molar-refractivity contribution in [3.05, 3.63) is 29.8 Å². The number of hydrogen-bond donors (Lipinski definition) is 3. The van der Waals surface area contributed by atoms with E-state index in [-0.39, 0.29) is 4.90 Å². The maximum Gasteiger partial charge on any atom is 0.238 e. The molecule has 0 bridgehead atoms. The monoisotopic (exact) mass is 368 g/mol. The molecular formula is C17H28N4O3S. The molecule has 0 unspecified atom stereocenters. The Balaban J connectivity index is 1.59. The van der Waals surface area contributed by atoms with Gasteiger partial charge >= 0.3 is 0 Å². The number of nitrogens with zero attached hydrogens (tertiary/aromatic N) is 1. The topological polar surface area (TPSA) is 106 Å². The second-order valence-corrected chi connectivity index (χ2v) is 7.80. The summed E-state index contributed by atoms with van der Waals surface area (Å²) in [5, 5.41) is 11.6. The molecular weight excluding hydrogens is 340 g/mol. The minimum Gasteiger partial charge on any atom is -0.381 e. The number of nitrogens with two attached hydrogens (primary N) is 1. The van der Waals surface area contributed by atoms with Gasteiger partial charge in [-0.3, -0.25) is 4.99 Å². The molecule has 1 aromatic rings. The summed E-state index contributed by atoms with van der Waals surface area (Å²) in [4.78, 5) is 4.31. The normalized spacial score (nSPS) is 15.2. The van der Waals surface area contributed by atoms with Crippen LogP contribution in [0.15, 0.2) is 34.2 Å². The first-order valence-electron chi connectivity index (χ1n) is 8.63. The molecule has 0 aliphatic heterocycles. The van der Waals surface area contributed by atoms with Crippen LogP contribution in [0.2, 0.25) is 0 Å². The molecule has 0 atom stereocenters. The highest BCUT2D eigenvalue weighted by Crippen LogP contribution is 2.28. The van der Waals surface area contributed by atoms with E-state index in [1.165, 1.54) is 25.0 Å². The van der Waals surface area contributed by atoms with Crippen LogP contribution < -0.4 is 15.8 Å². The van der Waals surface area contributed by atoms with Crippen LogP contribution >= 0.6 is 0 Å². The Hall–Kier alpha value is -1.64. The Morgan fingerprint density at radius 1 is 1.24 bits per heavy atom. The zero-order valence-electron chi connectivity index (χ0n) is 14.7. The molecule has 2 rings (SSSR count). The maximum absolute atomic E-state index is 11.2. The summed E-state index contributed by atoms with van der Waals surface area (Å²) in [7, 11) is -1.90. The third-order valence-corrected chi connectivity index (χ3v) is 4.92. The summed E-state index contributed by atoms with van der Waals surface area (Å²) in [5.41, 5.74) is 1.03. The Labute approximate surface area is 150 Å². The number of guanidine groups is 1. The molecule has 4 N–H and O–H groups in total. The average Bonchev–Trinajstić information content (AvgIpc) is 3.40. The number of sulfonamides is 1. The highest BCUT2D eigenvalue weighted by molar-refractivity contribution is 7.89. The minimum absolute atomic E-state index is 0.130. The second-order valence-electron chi connectivity index (χ2n) is 6.24. The van der Waals surface area contributed by atoms with Crippen molar-refractivity contribution in [2.75, 3.05) is 33.4 Å². The van der Waals surface area contributed by atoms with Crippen molar-refractivity contribution >= 4 is 16.0 Å². The fourth-order valence-corrected chi connectivity index (χ4v) is 2.82. The van der Waals surface area contributed by atoms with Crippen molar-refractivity contribution in [3.8, 4) is 0 Å². The lowest BCUT2D eigenvalue weighted by Gasteiger charge is -2.12. The molecule has 0 amide bonds. The van der Waals surface area contributed by atoms with Crippen LogP contribution in [0.5, 0.6) is 0 Å². The molecule has 1 aliphatic rings. The highest BCUT2D eigenvalue weighted by atomic mass is 32.2. The van der Waals surface area contributed by atoms with Gasteiger partial charge in [0.15, 0.2) is 5.96 Å². The fourth-order valence-electron chi connectivity index (χ4n) is 2.31. The van der Waals surface area contributed by atoms with Crippen LogP contribution in [0.4, 0.5) is 0 Å². The van der Waals surface area contributed by atoms with Crippen molar-refractivity contribution in [1.29, 1.82) is 0 Å². The SMILES string of the molecule is CN=C(NCCCOCC1CC1)NCCc1ccc(S(N)(=O)=O)cc1. The van der Waals surface area contributed by atoms with E-state index in [1.54, 1.807) is 19.2 Å². The maximum atomic E-state index is 11.2. The van der Waals surface area contributed by atoms with Gasteiger partial charge in [0.05, 0.1) is 4.90 Å². The van der Waals surface area contributed by atoms with Gasteiger partial charge in [0.1, 0.15) is 0 Å². The zero-order valence-corrected chi connectivity index (χ0v) is 15.5. The number of ether oxygens (including phenoxy) is 1. The van der Waals surface area contributed by atoms with Gasteiger partial charge in [-0.25, -0.2) is 13.6 Å². The van der Waals surface area contributed by atoms with Crippen LogP contribution in [0.25, 0.3) is 0 Å². The lowest BCUT2D eigenvalue weighted by molar-refractivity contribution is 0.123. The van der Waals surface area contributed by atoms with E-state index in [1.807, 2.05) is 0 Å². The van der Waals surface area contributed by atoms with E-state index in [9.17, 15) is 8.42 Å². The van der Waals surface area contributed by atoms with Gasteiger partial charge in [0, 0.05) is 33.4 Å². The van der Waals surface area contributed by atoms with Gasteiger partial charge in [-0.2, -0.15) is 0 Å². The molecule has 1 aliphatic carbocycles. The number of primary sulfonamides is 1. The summed E-state index contributed by atoms with van der Waals surface area (Å²) in [5.74, 6) is 1.56. The van der Waals surface area contributed by atoms with Gasteiger partial charge in [-0.15, -0.1) is 0 Å². The quantitative estimate of drug-likeness (QED) is 0.323. The van der Waals surface area contributed by atoms with Gasteiger partial charge in [-0.1, -0.05) is 12.1 Å². The summed E-state index contributed by atoms with van der Waals surface area (Å²) in [6.07, 6.45) is 4.34. The molecule has 140 valence electrons. The third-order valence-electron chi connectivity index (χ3n) is 3.99. The van der Waals surface area contributed by atoms with Crippen molar-refractivity contribution in [2.45, 2.75) is 30.6 Å². The second kappa shape index (κ2) is 9.74. The lowest BCUT2D eigenvalue weighted by atomic mass is 10.1. The van der Waals surface area contributed by atoms with Crippen LogP contribution in [0.1, 0.15) is 24.8 Å². The minimum atomic E-state index is -3.63. The van der Waals surface area contributed by atoms with E-state index in [4.69, 9.17) is 9.88 Å². The molecule has 1 aromatic carbocycles. The van der Waals surface area contributed by atoms with Crippen molar-refractivity contribution < 1.29 is 13.2 Å². The number of hydrogen-bond acceptors (Lipinski definition) is 4. The molecule has 7 nitrogen and oxygen atoms in total. The van der Waals surface area contributed by atoms with E-state index < -0.39 is 10.0 Å². The van der Waals surface area contributed by atoms with E-state index in [2.05, 4.69) is 15.6 Å². The van der Waals surface area contributed by atoms with Crippen LogP contribution in [0.3, 0.4) is 0 Å². The summed E-state index contributed by atoms with van der Waals surface area (Å²) >= 11 is 0. The fraction of sp³-hybridized carbons (Fsp3) is 0.588. The summed E-state index contributed by atoms with van der Waals surface area (Å²) in [6, 6.07) is 6.60. The van der Waals surface area contributed by atoms with E-state index in [0.717, 1.165) is 50.0 Å². The van der Waals surface area contributed by atoms with Crippen molar-refractivity contribution in [2.24, 2.45) is 16.0 Å². The van der Waals surface area contributed by atoms with Gasteiger partial charge in [0.25, 0.3) is 0 Å². The van der Waals surface area contributed by atoms with Crippen molar-refractivity contribution in [1.82, 2.24) is 10.6 Å². The van der Waals surface area contributed by atoms with Crippen molar-refractivity contribution in [3.63, 3.8) is 0 Å². The van der Waals surface area contributed by atoms with E-state index >= 15 is 0 Å². The molecule has 0 aromatic heterocycles. The standard InChI is InChI=1S/C17H28N4O3S/c1-19-17(20-10-2-12-24-13-15-3-4-15)21-11-9-14-5-7-16(8-6-14)25(18,22)23/h5-8,15H,2-4,9-13H2,1H3,(H2,18,22,23)(H2,19,20,21). The Morgan fingerprint density at radius 3 is 2.52 bits per heavy atom. The van der Waals surface area contributed by atoms with Gasteiger partial charge < -0.3 is 15.4 Å². The highest BCUT2D eigenvalue weighted by Gasteiger charge is 2.20.